The number of carbonyl (C=O) groups excluding carboxylic acids is 1. The molecule has 4 aromatic rings. The standard InChI is InChI=1S/C22H24FN7O/c1-13-7-18(28-30-10-14(2)25-21(13)30)15-8-17(23)22-27-19(12-29(22)11-15)26-20(31)9-16-5-3-4-6-24-16/h7-8,10-12,16,24H,3-6,9H2,1-2H3,(H,26,31). The number of nitrogens with zero attached hydrogens (tertiary/aromatic N) is 5. The number of rotatable bonds is 4. The van der Waals surface area contributed by atoms with Crippen LogP contribution in [0.25, 0.3) is 22.6 Å². The van der Waals surface area contributed by atoms with Crippen LogP contribution in [-0.4, -0.2) is 42.5 Å². The Kier molecular flexibility index (Phi) is 4.90. The molecule has 9 heteroatoms. The second-order valence-corrected chi connectivity index (χ2v) is 8.20. The zero-order valence-electron chi connectivity index (χ0n) is 17.5. The Labute approximate surface area is 178 Å². The van der Waals surface area contributed by atoms with Crippen molar-refractivity contribution >= 4 is 23.0 Å². The lowest BCUT2D eigenvalue weighted by molar-refractivity contribution is -0.116. The van der Waals surface area contributed by atoms with Crippen LogP contribution in [0.5, 0.6) is 0 Å². The number of anilines is 1. The van der Waals surface area contributed by atoms with Crippen molar-refractivity contribution in [2.45, 2.75) is 45.6 Å². The minimum absolute atomic E-state index is 0.123. The summed E-state index contributed by atoms with van der Waals surface area (Å²) in [5.74, 6) is -0.267. The summed E-state index contributed by atoms with van der Waals surface area (Å²) in [4.78, 5) is 21.1. The van der Waals surface area contributed by atoms with E-state index in [4.69, 9.17) is 0 Å². The van der Waals surface area contributed by atoms with Gasteiger partial charge in [-0.2, -0.15) is 5.10 Å². The fourth-order valence-corrected chi connectivity index (χ4v) is 4.16. The average molecular weight is 421 g/mol. The molecular weight excluding hydrogens is 397 g/mol. The van der Waals surface area contributed by atoms with Crippen LogP contribution in [0.1, 0.15) is 36.9 Å². The smallest absolute Gasteiger partial charge is 0.227 e. The number of carbonyl (C=O) groups is 1. The summed E-state index contributed by atoms with van der Waals surface area (Å²) >= 11 is 0. The van der Waals surface area contributed by atoms with Crippen molar-refractivity contribution < 1.29 is 9.18 Å². The molecule has 0 aromatic carbocycles. The van der Waals surface area contributed by atoms with Crippen LogP contribution in [0.15, 0.2) is 30.7 Å². The van der Waals surface area contributed by atoms with Gasteiger partial charge in [-0.05, 0) is 50.9 Å². The van der Waals surface area contributed by atoms with E-state index in [1.165, 1.54) is 6.07 Å². The molecule has 2 N–H and O–H groups in total. The van der Waals surface area contributed by atoms with E-state index in [9.17, 15) is 9.18 Å². The number of piperidine rings is 1. The van der Waals surface area contributed by atoms with Crippen molar-refractivity contribution in [1.29, 1.82) is 0 Å². The number of imidazole rings is 2. The van der Waals surface area contributed by atoms with Crippen molar-refractivity contribution in [3.8, 4) is 11.3 Å². The molecule has 1 fully saturated rings. The lowest BCUT2D eigenvalue weighted by Gasteiger charge is -2.22. The highest BCUT2D eigenvalue weighted by Gasteiger charge is 2.18. The maximum absolute atomic E-state index is 14.8. The molecule has 4 aromatic heterocycles. The molecule has 0 spiro atoms. The number of fused-ring (bicyclic) bond motifs is 2. The molecule has 5 heterocycles. The Balaban J connectivity index is 1.42. The number of hydrogen-bond donors (Lipinski definition) is 2. The van der Waals surface area contributed by atoms with Crippen LogP contribution in [0, 0.1) is 19.7 Å². The van der Waals surface area contributed by atoms with Gasteiger partial charge in [-0.25, -0.2) is 18.9 Å². The third-order valence-electron chi connectivity index (χ3n) is 5.64. The molecule has 1 unspecified atom stereocenters. The molecule has 0 bridgehead atoms. The quantitative estimate of drug-likeness (QED) is 0.528. The summed E-state index contributed by atoms with van der Waals surface area (Å²) in [7, 11) is 0. The molecule has 5 rings (SSSR count). The van der Waals surface area contributed by atoms with Crippen molar-refractivity contribution in [3.05, 3.63) is 47.8 Å². The van der Waals surface area contributed by atoms with Crippen molar-refractivity contribution in [2.24, 2.45) is 0 Å². The predicted molar refractivity (Wildman–Crippen MR) is 115 cm³/mol. The Hall–Kier alpha value is -3.33. The summed E-state index contributed by atoms with van der Waals surface area (Å²) in [6.07, 6.45) is 8.88. The van der Waals surface area contributed by atoms with Gasteiger partial charge in [0.05, 0.1) is 23.8 Å². The molecule has 0 saturated carbocycles. The van der Waals surface area contributed by atoms with Crippen LogP contribution in [0.2, 0.25) is 0 Å². The monoisotopic (exact) mass is 421 g/mol. The van der Waals surface area contributed by atoms with Crippen LogP contribution < -0.4 is 10.6 Å². The zero-order chi connectivity index (χ0) is 21.5. The number of nitrogens with one attached hydrogen (secondary N) is 2. The number of aromatic nitrogens is 5. The largest absolute Gasteiger partial charge is 0.313 e. The van der Waals surface area contributed by atoms with Gasteiger partial charge in [0.25, 0.3) is 0 Å². The van der Waals surface area contributed by atoms with E-state index >= 15 is 0 Å². The number of halogens is 1. The van der Waals surface area contributed by atoms with E-state index in [0.29, 0.717) is 23.5 Å². The van der Waals surface area contributed by atoms with E-state index in [1.54, 1.807) is 21.3 Å². The molecule has 160 valence electrons. The SMILES string of the molecule is Cc1cn2nc(-c3cc(F)c4nc(NC(=O)CC5CCCCN5)cn4c3)cc(C)c2n1. The molecule has 1 aliphatic heterocycles. The van der Waals surface area contributed by atoms with Gasteiger partial charge in [-0.15, -0.1) is 0 Å². The number of aryl methyl sites for hydroxylation is 2. The maximum Gasteiger partial charge on any atom is 0.227 e. The van der Waals surface area contributed by atoms with E-state index in [0.717, 1.165) is 42.7 Å². The second kappa shape index (κ2) is 7.73. The molecule has 31 heavy (non-hydrogen) atoms. The lowest BCUT2D eigenvalue weighted by Crippen LogP contribution is -2.36. The van der Waals surface area contributed by atoms with E-state index < -0.39 is 5.82 Å². The third-order valence-corrected chi connectivity index (χ3v) is 5.64. The fourth-order valence-electron chi connectivity index (χ4n) is 4.16. The average Bonchev–Trinajstić information content (AvgIpc) is 3.31. The van der Waals surface area contributed by atoms with Crippen LogP contribution in [-0.2, 0) is 4.79 Å². The van der Waals surface area contributed by atoms with Gasteiger partial charge in [-0.1, -0.05) is 6.42 Å². The van der Waals surface area contributed by atoms with Gasteiger partial charge in [-0.3, -0.25) is 4.79 Å². The maximum atomic E-state index is 14.8. The first-order valence-electron chi connectivity index (χ1n) is 10.5. The van der Waals surface area contributed by atoms with Crippen molar-refractivity contribution in [2.75, 3.05) is 11.9 Å². The van der Waals surface area contributed by atoms with Gasteiger partial charge in [0, 0.05) is 24.2 Å². The Morgan fingerprint density at radius 1 is 1.19 bits per heavy atom. The summed E-state index contributed by atoms with van der Waals surface area (Å²) in [6.45, 7) is 4.80. The summed E-state index contributed by atoms with van der Waals surface area (Å²) in [5.41, 5.74) is 4.00. The van der Waals surface area contributed by atoms with Gasteiger partial charge in [0.2, 0.25) is 5.91 Å². The Bertz CT molecular complexity index is 1290. The molecule has 8 nitrogen and oxygen atoms in total. The molecule has 1 amide bonds. The number of amides is 1. The highest BCUT2D eigenvalue weighted by Crippen LogP contribution is 2.24. The molecular formula is C22H24FN7O. The Morgan fingerprint density at radius 2 is 2.06 bits per heavy atom. The van der Waals surface area contributed by atoms with Crippen LogP contribution >= 0.6 is 0 Å². The number of hydrogen-bond acceptors (Lipinski definition) is 5. The zero-order valence-corrected chi connectivity index (χ0v) is 17.5. The summed E-state index contributed by atoms with van der Waals surface area (Å²) in [6, 6.07) is 3.49. The third kappa shape index (κ3) is 3.88. The lowest BCUT2D eigenvalue weighted by atomic mass is 10.0. The molecule has 1 aliphatic rings. The van der Waals surface area contributed by atoms with Crippen LogP contribution in [0.3, 0.4) is 0 Å². The van der Waals surface area contributed by atoms with E-state index in [2.05, 4.69) is 25.7 Å². The van der Waals surface area contributed by atoms with Crippen molar-refractivity contribution in [1.82, 2.24) is 29.3 Å². The van der Waals surface area contributed by atoms with Gasteiger partial charge in [0.1, 0.15) is 0 Å². The number of pyridine rings is 1. The predicted octanol–water partition coefficient (Wildman–Crippen LogP) is 3.27. The molecule has 0 aliphatic carbocycles. The minimum Gasteiger partial charge on any atom is -0.313 e. The Morgan fingerprint density at radius 3 is 2.87 bits per heavy atom. The summed E-state index contributed by atoms with van der Waals surface area (Å²) in [5, 5.41) is 10.7. The van der Waals surface area contributed by atoms with Gasteiger partial charge in [0.15, 0.2) is 22.9 Å². The highest BCUT2D eigenvalue weighted by molar-refractivity contribution is 5.90. The topological polar surface area (TPSA) is 88.6 Å². The van der Waals surface area contributed by atoms with Crippen LogP contribution in [0.4, 0.5) is 10.2 Å². The van der Waals surface area contributed by atoms with Gasteiger partial charge < -0.3 is 15.0 Å². The van der Waals surface area contributed by atoms with E-state index in [1.807, 2.05) is 26.1 Å². The molecule has 0 radical (unpaired) electrons. The van der Waals surface area contributed by atoms with E-state index in [-0.39, 0.29) is 17.6 Å². The minimum atomic E-state index is -0.478. The highest BCUT2D eigenvalue weighted by atomic mass is 19.1. The fraction of sp³-hybridized carbons (Fsp3) is 0.364. The second-order valence-electron chi connectivity index (χ2n) is 8.20. The summed E-state index contributed by atoms with van der Waals surface area (Å²) < 4.78 is 18.1. The molecule has 1 saturated heterocycles. The molecule has 1 atom stereocenters. The first-order chi connectivity index (χ1) is 15.0. The first-order valence-corrected chi connectivity index (χ1v) is 10.5. The normalized spacial score (nSPS) is 16.8. The first kappa shape index (κ1) is 19.6. The van der Waals surface area contributed by atoms with Crippen molar-refractivity contribution in [3.63, 3.8) is 0 Å². The van der Waals surface area contributed by atoms with Gasteiger partial charge >= 0.3 is 0 Å².